The van der Waals surface area contributed by atoms with E-state index in [0.29, 0.717) is 32.0 Å². The van der Waals surface area contributed by atoms with Crippen molar-refractivity contribution in [2.45, 2.75) is 63.8 Å². The third-order valence-electron chi connectivity index (χ3n) is 6.36. The van der Waals surface area contributed by atoms with Gasteiger partial charge in [-0.3, -0.25) is 4.79 Å². The number of fused-ring (bicyclic) bond motifs is 1. The maximum absolute atomic E-state index is 11.5. The Labute approximate surface area is 185 Å². The van der Waals surface area contributed by atoms with Gasteiger partial charge >= 0.3 is 5.97 Å². The molecule has 6 nitrogen and oxygen atoms in total. The van der Waals surface area contributed by atoms with Gasteiger partial charge < -0.3 is 24.4 Å². The van der Waals surface area contributed by atoms with Crippen molar-refractivity contribution in [1.29, 1.82) is 0 Å². The van der Waals surface area contributed by atoms with Crippen LogP contribution in [0.4, 0.5) is 0 Å². The van der Waals surface area contributed by atoms with Gasteiger partial charge in [-0.1, -0.05) is 30.4 Å². The largest absolute Gasteiger partial charge is 0.491 e. The topological polar surface area (TPSA) is 85.2 Å². The van der Waals surface area contributed by atoms with E-state index in [0.717, 1.165) is 31.4 Å². The number of rotatable bonds is 10. The smallest absolute Gasteiger partial charge is 0.305 e. The Morgan fingerprint density at radius 3 is 2.87 bits per heavy atom. The van der Waals surface area contributed by atoms with Gasteiger partial charge in [0.1, 0.15) is 18.5 Å². The Morgan fingerprint density at radius 1 is 1.29 bits per heavy atom. The number of hydrogen-bond acceptors (Lipinski definition) is 6. The van der Waals surface area contributed by atoms with E-state index in [1.165, 1.54) is 0 Å². The second-order valence-corrected chi connectivity index (χ2v) is 8.63. The van der Waals surface area contributed by atoms with E-state index >= 15 is 0 Å². The minimum Gasteiger partial charge on any atom is -0.491 e. The summed E-state index contributed by atoms with van der Waals surface area (Å²) in [6.45, 7) is 3.11. The Balaban J connectivity index is 1.45. The number of hydrogen-bond donors (Lipinski definition) is 2. The molecule has 1 aromatic carbocycles. The fraction of sp³-hybridized carbons (Fsp3) is 0.640. The molecule has 1 aromatic rings. The van der Waals surface area contributed by atoms with Crippen molar-refractivity contribution in [3.8, 4) is 5.75 Å². The van der Waals surface area contributed by atoms with Gasteiger partial charge in [-0.05, 0) is 56.6 Å². The fourth-order valence-corrected chi connectivity index (χ4v) is 4.72. The van der Waals surface area contributed by atoms with E-state index in [-0.39, 0.29) is 30.5 Å². The molecule has 1 saturated carbocycles. The lowest BCUT2D eigenvalue weighted by Crippen LogP contribution is -2.22. The molecule has 1 aliphatic heterocycles. The van der Waals surface area contributed by atoms with Gasteiger partial charge in [0.05, 0.1) is 18.8 Å². The monoisotopic (exact) mass is 432 g/mol. The SMILES string of the molecule is CCOC(=O)CCC[C@H]1CC[C@@H]2[C@@H](C=C[C@@H](O)COc3ccccc3)[C@H](O)C[C@@H]2OC1. The van der Waals surface area contributed by atoms with Crippen molar-refractivity contribution in [2.75, 3.05) is 19.8 Å². The fourth-order valence-electron chi connectivity index (χ4n) is 4.72. The molecule has 2 aliphatic rings. The van der Waals surface area contributed by atoms with Gasteiger partial charge in [0.15, 0.2) is 0 Å². The number of ether oxygens (including phenoxy) is 3. The summed E-state index contributed by atoms with van der Waals surface area (Å²) in [5.74, 6) is 1.27. The highest BCUT2D eigenvalue weighted by Crippen LogP contribution is 2.42. The molecule has 2 fully saturated rings. The first-order chi connectivity index (χ1) is 15.1. The predicted molar refractivity (Wildman–Crippen MR) is 118 cm³/mol. The van der Waals surface area contributed by atoms with Crippen LogP contribution in [0.2, 0.25) is 0 Å². The first-order valence-corrected chi connectivity index (χ1v) is 11.6. The van der Waals surface area contributed by atoms with Crippen LogP contribution in [0.15, 0.2) is 42.5 Å². The van der Waals surface area contributed by atoms with E-state index in [4.69, 9.17) is 14.2 Å². The summed E-state index contributed by atoms with van der Waals surface area (Å²) < 4.78 is 16.8. The van der Waals surface area contributed by atoms with Crippen molar-refractivity contribution in [3.63, 3.8) is 0 Å². The summed E-state index contributed by atoms with van der Waals surface area (Å²) >= 11 is 0. The lowest BCUT2D eigenvalue weighted by molar-refractivity contribution is -0.143. The first-order valence-electron chi connectivity index (χ1n) is 11.6. The second kappa shape index (κ2) is 12.2. The third-order valence-corrected chi connectivity index (χ3v) is 6.36. The molecule has 0 spiro atoms. The van der Waals surface area contributed by atoms with E-state index in [9.17, 15) is 15.0 Å². The highest BCUT2D eigenvalue weighted by atomic mass is 16.5. The van der Waals surface area contributed by atoms with Crippen LogP contribution in [0.5, 0.6) is 5.75 Å². The van der Waals surface area contributed by atoms with E-state index in [1.54, 1.807) is 6.08 Å². The molecule has 1 saturated heterocycles. The number of carbonyl (C=O) groups is 1. The van der Waals surface area contributed by atoms with Crippen LogP contribution in [0.3, 0.4) is 0 Å². The Morgan fingerprint density at radius 2 is 2.10 bits per heavy atom. The summed E-state index contributed by atoms with van der Waals surface area (Å²) in [6.07, 6.45) is 7.44. The number of aliphatic hydroxyl groups is 2. The molecule has 172 valence electrons. The average Bonchev–Trinajstić information content (AvgIpc) is 2.93. The Hall–Kier alpha value is -1.89. The summed E-state index contributed by atoms with van der Waals surface area (Å²) in [6, 6.07) is 9.41. The first kappa shape index (κ1) is 23.8. The van der Waals surface area contributed by atoms with E-state index < -0.39 is 12.2 Å². The zero-order valence-corrected chi connectivity index (χ0v) is 18.4. The van der Waals surface area contributed by atoms with Gasteiger partial charge in [-0.15, -0.1) is 0 Å². The minimum atomic E-state index is -0.728. The highest BCUT2D eigenvalue weighted by molar-refractivity contribution is 5.69. The molecule has 0 radical (unpaired) electrons. The number of benzene rings is 1. The molecule has 0 bridgehead atoms. The van der Waals surface area contributed by atoms with E-state index in [1.807, 2.05) is 43.3 Å². The number of aliphatic hydroxyl groups excluding tert-OH is 2. The van der Waals surface area contributed by atoms with Crippen LogP contribution < -0.4 is 4.74 Å². The molecule has 1 aliphatic carbocycles. The molecule has 1 heterocycles. The molecule has 2 N–H and O–H groups in total. The standard InChI is InChI=1S/C25H36O6/c1-2-29-25(28)10-6-7-18-11-13-22-21(23(27)15-24(22)31-16-18)14-12-19(26)17-30-20-8-4-3-5-9-20/h3-5,8-9,12,14,18-19,21-24,26-27H,2,6-7,10-11,13,15-17H2,1H3/t18-,19+,21+,22+,23+,24-/m0/s1. The van der Waals surface area contributed by atoms with Gasteiger partial charge in [-0.25, -0.2) is 0 Å². The second-order valence-electron chi connectivity index (χ2n) is 8.63. The lowest BCUT2D eigenvalue weighted by atomic mass is 9.86. The van der Waals surface area contributed by atoms with Crippen LogP contribution in [0.25, 0.3) is 0 Å². The van der Waals surface area contributed by atoms with Crippen molar-refractivity contribution in [3.05, 3.63) is 42.5 Å². The molecule has 0 amide bonds. The highest BCUT2D eigenvalue weighted by Gasteiger charge is 2.43. The lowest BCUT2D eigenvalue weighted by Gasteiger charge is -2.21. The van der Waals surface area contributed by atoms with Crippen LogP contribution in [-0.4, -0.2) is 54.3 Å². The van der Waals surface area contributed by atoms with Crippen LogP contribution in [0.1, 0.15) is 45.4 Å². The zero-order valence-electron chi connectivity index (χ0n) is 18.4. The van der Waals surface area contributed by atoms with Crippen molar-refractivity contribution >= 4 is 5.97 Å². The predicted octanol–water partition coefficient (Wildman–Crippen LogP) is 3.51. The molecular weight excluding hydrogens is 396 g/mol. The molecule has 3 rings (SSSR count). The van der Waals surface area contributed by atoms with Crippen molar-refractivity contribution in [2.24, 2.45) is 17.8 Å². The third kappa shape index (κ3) is 7.34. The summed E-state index contributed by atoms with van der Waals surface area (Å²) in [5, 5.41) is 20.8. The molecule has 31 heavy (non-hydrogen) atoms. The van der Waals surface area contributed by atoms with Crippen LogP contribution in [0, 0.1) is 17.8 Å². The Bertz CT molecular complexity index is 691. The molecule has 0 unspecified atom stereocenters. The van der Waals surface area contributed by atoms with Crippen molar-refractivity contribution < 1.29 is 29.2 Å². The molecular formula is C25H36O6. The normalized spacial score (nSPS) is 29.3. The Kier molecular flexibility index (Phi) is 9.37. The van der Waals surface area contributed by atoms with Gasteiger partial charge in [-0.2, -0.15) is 0 Å². The number of carbonyl (C=O) groups excluding carboxylic acids is 1. The van der Waals surface area contributed by atoms with E-state index in [2.05, 4.69) is 0 Å². The summed E-state index contributed by atoms with van der Waals surface area (Å²) in [7, 11) is 0. The van der Waals surface area contributed by atoms with Crippen molar-refractivity contribution in [1.82, 2.24) is 0 Å². The quantitative estimate of drug-likeness (QED) is 0.435. The summed E-state index contributed by atoms with van der Waals surface area (Å²) in [5.41, 5.74) is 0. The summed E-state index contributed by atoms with van der Waals surface area (Å²) in [4.78, 5) is 11.5. The molecule has 6 heteroatoms. The minimum absolute atomic E-state index is 0.0188. The number of para-hydroxylation sites is 1. The van der Waals surface area contributed by atoms with Gasteiger partial charge in [0, 0.05) is 25.4 Å². The van der Waals surface area contributed by atoms with Gasteiger partial charge in [0.25, 0.3) is 0 Å². The van der Waals surface area contributed by atoms with Crippen LogP contribution >= 0.6 is 0 Å². The maximum Gasteiger partial charge on any atom is 0.305 e. The molecule has 6 atom stereocenters. The zero-order chi connectivity index (χ0) is 22.1. The average molecular weight is 433 g/mol. The van der Waals surface area contributed by atoms with Crippen LogP contribution in [-0.2, 0) is 14.3 Å². The molecule has 0 aromatic heterocycles. The maximum atomic E-state index is 11.5. The number of esters is 1. The van der Waals surface area contributed by atoms with Gasteiger partial charge in [0.2, 0.25) is 0 Å².